The Kier molecular flexibility index (Phi) is 3.15. The summed E-state index contributed by atoms with van der Waals surface area (Å²) in [5.41, 5.74) is 5.64. The Morgan fingerprint density at radius 3 is 2.07 bits per heavy atom. The minimum absolute atomic E-state index is 0.0283. The fourth-order valence-corrected chi connectivity index (χ4v) is 1.70. The number of hydrogen-bond acceptors (Lipinski definition) is 2. The van der Waals surface area contributed by atoms with Crippen LogP contribution in [-0.2, 0) is 4.79 Å². The average Bonchev–Trinajstić information content (AvgIpc) is 2.81. The maximum absolute atomic E-state index is 11.9. The minimum Gasteiger partial charge on any atom is -0.350 e. The molecule has 3 N–H and O–H groups in total. The quantitative estimate of drug-likeness (QED) is 0.747. The predicted octanol–water partition coefficient (Wildman–Crippen LogP) is 1.66. The number of nitrogens with one attached hydrogen (secondary N) is 1. The lowest BCUT2D eigenvalue weighted by Gasteiger charge is -2.32. The summed E-state index contributed by atoms with van der Waals surface area (Å²) in [5.74, 6) is 0.605. The van der Waals surface area contributed by atoms with Gasteiger partial charge >= 0.3 is 0 Å². The second-order valence-corrected chi connectivity index (χ2v) is 6.33. The summed E-state index contributed by atoms with van der Waals surface area (Å²) in [7, 11) is 0. The van der Waals surface area contributed by atoms with Gasteiger partial charge < -0.3 is 11.1 Å². The van der Waals surface area contributed by atoms with Crippen LogP contribution in [0.1, 0.15) is 47.5 Å². The van der Waals surface area contributed by atoms with Crippen molar-refractivity contribution < 1.29 is 4.79 Å². The van der Waals surface area contributed by atoms with Gasteiger partial charge in [0.25, 0.3) is 0 Å². The zero-order valence-electron chi connectivity index (χ0n) is 10.6. The zero-order chi connectivity index (χ0) is 11.9. The highest BCUT2D eigenvalue weighted by molar-refractivity contribution is 5.83. The summed E-state index contributed by atoms with van der Waals surface area (Å²) in [4.78, 5) is 11.9. The molecule has 3 heteroatoms. The molecule has 1 aliphatic carbocycles. The summed E-state index contributed by atoms with van der Waals surface area (Å²) in [6, 6.07) is -0.435. The lowest BCUT2D eigenvalue weighted by atomic mass is 9.86. The fourth-order valence-electron chi connectivity index (χ4n) is 1.70. The lowest BCUT2D eigenvalue weighted by molar-refractivity contribution is -0.126. The van der Waals surface area contributed by atoms with Gasteiger partial charge in [-0.05, 0) is 38.0 Å². The number of hydrogen-bond donors (Lipinski definition) is 2. The van der Waals surface area contributed by atoms with Crippen LogP contribution in [0.2, 0.25) is 0 Å². The van der Waals surface area contributed by atoms with Crippen LogP contribution >= 0.6 is 0 Å². The topological polar surface area (TPSA) is 55.1 Å². The zero-order valence-corrected chi connectivity index (χ0v) is 10.6. The van der Waals surface area contributed by atoms with Crippen molar-refractivity contribution in [2.24, 2.45) is 17.1 Å². The molecule has 1 fully saturated rings. The van der Waals surface area contributed by atoms with Crippen molar-refractivity contribution in [3.8, 4) is 0 Å². The Morgan fingerprint density at radius 2 is 1.73 bits per heavy atom. The Balaban J connectivity index is 2.55. The Labute approximate surface area is 92.8 Å². The summed E-state index contributed by atoms with van der Waals surface area (Å²) < 4.78 is 0. The first-order valence-corrected chi connectivity index (χ1v) is 5.72. The minimum atomic E-state index is -0.435. The standard InChI is InChI=1S/C12H24N2O/c1-11(2,3)9(13)10(15)14-12(4,5)8-6-7-8/h8-9H,6-7,13H2,1-5H3,(H,14,15)/t9-/m1/s1. The van der Waals surface area contributed by atoms with Gasteiger partial charge in [0.15, 0.2) is 0 Å². The highest BCUT2D eigenvalue weighted by atomic mass is 16.2. The van der Waals surface area contributed by atoms with Crippen LogP contribution in [0.3, 0.4) is 0 Å². The maximum Gasteiger partial charge on any atom is 0.237 e. The van der Waals surface area contributed by atoms with Crippen molar-refractivity contribution in [2.45, 2.75) is 59.0 Å². The van der Waals surface area contributed by atoms with Gasteiger partial charge in [0.2, 0.25) is 5.91 Å². The summed E-state index contributed by atoms with van der Waals surface area (Å²) in [6.07, 6.45) is 2.44. The molecule has 3 nitrogen and oxygen atoms in total. The molecule has 0 unspecified atom stereocenters. The van der Waals surface area contributed by atoms with E-state index in [1.165, 1.54) is 12.8 Å². The lowest BCUT2D eigenvalue weighted by Crippen LogP contribution is -2.55. The van der Waals surface area contributed by atoms with Gasteiger partial charge in [-0.3, -0.25) is 4.79 Å². The number of carbonyl (C=O) groups is 1. The molecule has 0 spiro atoms. The molecule has 1 amide bonds. The summed E-state index contributed by atoms with van der Waals surface area (Å²) in [5, 5.41) is 3.06. The molecule has 1 atom stereocenters. The van der Waals surface area contributed by atoms with E-state index in [2.05, 4.69) is 19.2 Å². The number of rotatable bonds is 3. The molecule has 15 heavy (non-hydrogen) atoms. The van der Waals surface area contributed by atoms with E-state index in [1.807, 2.05) is 20.8 Å². The molecular weight excluding hydrogens is 188 g/mol. The summed E-state index contributed by atoms with van der Waals surface area (Å²) in [6.45, 7) is 10.1. The van der Waals surface area contributed by atoms with Gasteiger partial charge in [-0.2, -0.15) is 0 Å². The van der Waals surface area contributed by atoms with E-state index >= 15 is 0 Å². The van der Waals surface area contributed by atoms with Crippen LogP contribution in [0.5, 0.6) is 0 Å². The molecule has 0 bridgehead atoms. The smallest absolute Gasteiger partial charge is 0.237 e. The third kappa shape index (κ3) is 3.20. The van der Waals surface area contributed by atoms with E-state index < -0.39 is 6.04 Å². The van der Waals surface area contributed by atoms with Crippen LogP contribution in [-0.4, -0.2) is 17.5 Å². The van der Waals surface area contributed by atoms with Gasteiger partial charge in [-0.1, -0.05) is 20.8 Å². The second-order valence-electron chi connectivity index (χ2n) is 6.33. The highest BCUT2D eigenvalue weighted by Gasteiger charge is 2.40. The van der Waals surface area contributed by atoms with E-state index in [9.17, 15) is 4.79 Å². The molecule has 0 heterocycles. The van der Waals surface area contributed by atoms with Crippen molar-refractivity contribution in [3.63, 3.8) is 0 Å². The van der Waals surface area contributed by atoms with Crippen molar-refractivity contribution >= 4 is 5.91 Å². The van der Waals surface area contributed by atoms with Crippen molar-refractivity contribution in [1.82, 2.24) is 5.32 Å². The Bertz CT molecular complexity index is 249. The number of amides is 1. The van der Waals surface area contributed by atoms with Crippen LogP contribution < -0.4 is 11.1 Å². The molecule has 0 aromatic heterocycles. The van der Waals surface area contributed by atoms with E-state index in [0.717, 1.165) is 0 Å². The van der Waals surface area contributed by atoms with Gasteiger partial charge in [0, 0.05) is 5.54 Å². The van der Waals surface area contributed by atoms with Crippen LogP contribution in [0.4, 0.5) is 0 Å². The highest BCUT2D eigenvalue weighted by Crippen LogP contribution is 2.39. The maximum atomic E-state index is 11.9. The Morgan fingerprint density at radius 1 is 1.27 bits per heavy atom. The third-order valence-electron chi connectivity index (χ3n) is 3.26. The molecule has 1 aliphatic rings. The monoisotopic (exact) mass is 212 g/mol. The largest absolute Gasteiger partial charge is 0.350 e. The SMILES string of the molecule is CC(C)(NC(=O)[C@@H](N)C(C)(C)C)C1CC1. The first-order valence-electron chi connectivity index (χ1n) is 5.72. The van der Waals surface area contributed by atoms with Gasteiger partial charge in [-0.15, -0.1) is 0 Å². The normalized spacial score (nSPS) is 19.9. The first kappa shape index (κ1) is 12.5. The third-order valence-corrected chi connectivity index (χ3v) is 3.26. The molecular formula is C12H24N2O. The average molecular weight is 212 g/mol. The van der Waals surface area contributed by atoms with Gasteiger partial charge in [0.05, 0.1) is 6.04 Å². The van der Waals surface area contributed by atoms with Gasteiger partial charge in [0.1, 0.15) is 0 Å². The molecule has 0 aromatic rings. The fraction of sp³-hybridized carbons (Fsp3) is 0.917. The van der Waals surface area contributed by atoms with E-state index in [-0.39, 0.29) is 16.9 Å². The van der Waals surface area contributed by atoms with Crippen LogP contribution in [0.25, 0.3) is 0 Å². The molecule has 0 aromatic carbocycles. The molecule has 1 rings (SSSR count). The van der Waals surface area contributed by atoms with Crippen LogP contribution in [0, 0.1) is 11.3 Å². The predicted molar refractivity (Wildman–Crippen MR) is 62.4 cm³/mol. The molecule has 0 radical (unpaired) electrons. The van der Waals surface area contributed by atoms with Crippen molar-refractivity contribution in [1.29, 1.82) is 0 Å². The number of nitrogens with two attached hydrogens (primary N) is 1. The van der Waals surface area contributed by atoms with Crippen LogP contribution in [0.15, 0.2) is 0 Å². The van der Waals surface area contributed by atoms with Crippen molar-refractivity contribution in [3.05, 3.63) is 0 Å². The molecule has 1 saturated carbocycles. The first-order chi connectivity index (χ1) is 6.64. The van der Waals surface area contributed by atoms with E-state index in [4.69, 9.17) is 5.73 Å². The number of carbonyl (C=O) groups excluding carboxylic acids is 1. The molecule has 0 saturated heterocycles. The molecule has 88 valence electrons. The molecule has 0 aliphatic heterocycles. The second kappa shape index (κ2) is 3.78. The van der Waals surface area contributed by atoms with E-state index in [1.54, 1.807) is 0 Å². The van der Waals surface area contributed by atoms with Gasteiger partial charge in [-0.25, -0.2) is 0 Å². The Hall–Kier alpha value is -0.570. The van der Waals surface area contributed by atoms with E-state index in [0.29, 0.717) is 5.92 Å². The summed E-state index contributed by atoms with van der Waals surface area (Å²) >= 11 is 0. The van der Waals surface area contributed by atoms with Crippen molar-refractivity contribution in [2.75, 3.05) is 0 Å².